The van der Waals surface area contributed by atoms with Crippen molar-refractivity contribution >= 4 is 43.5 Å². The molecule has 0 spiro atoms. The molecule has 0 radical (unpaired) electrons. The summed E-state index contributed by atoms with van der Waals surface area (Å²) >= 11 is 3.41. The van der Waals surface area contributed by atoms with E-state index in [0.29, 0.717) is 18.5 Å². The third kappa shape index (κ3) is 8.22. The van der Waals surface area contributed by atoms with Crippen LogP contribution in [-0.4, -0.2) is 50.3 Å². The minimum atomic E-state index is -4.08. The van der Waals surface area contributed by atoms with Gasteiger partial charge in [-0.3, -0.25) is 13.9 Å². The van der Waals surface area contributed by atoms with E-state index in [9.17, 15) is 18.0 Å². The molecule has 0 aromatic heterocycles. The zero-order valence-corrected chi connectivity index (χ0v) is 26.7. The fourth-order valence-electron chi connectivity index (χ4n) is 5.41. The molecule has 0 unspecified atom stereocenters. The van der Waals surface area contributed by atoms with Crippen LogP contribution in [0.15, 0.2) is 88.2 Å². The van der Waals surface area contributed by atoms with Gasteiger partial charge < -0.3 is 10.2 Å². The van der Waals surface area contributed by atoms with Gasteiger partial charge in [0.2, 0.25) is 11.8 Å². The second-order valence-electron chi connectivity index (χ2n) is 10.9. The molecule has 1 aliphatic rings. The lowest BCUT2D eigenvalue weighted by molar-refractivity contribution is -0.140. The van der Waals surface area contributed by atoms with Gasteiger partial charge in [-0.15, -0.1) is 0 Å². The Kier molecular flexibility index (Phi) is 11.2. The summed E-state index contributed by atoms with van der Waals surface area (Å²) in [5.74, 6) is -0.599. The maximum Gasteiger partial charge on any atom is 0.264 e. The van der Waals surface area contributed by atoms with Gasteiger partial charge in [-0.25, -0.2) is 8.42 Å². The van der Waals surface area contributed by atoms with Crippen molar-refractivity contribution in [2.75, 3.05) is 17.4 Å². The number of nitrogens with zero attached hydrogens (tertiary/aromatic N) is 2. The SMILES string of the molecule is CC[C@H](C(=O)NC1CCCCC1)N(CCc1ccccc1)C(=O)CN(c1ccc(Br)cc1)S(=O)(=O)c1ccc(C)cc1. The van der Waals surface area contributed by atoms with Crippen LogP contribution in [0.2, 0.25) is 0 Å². The van der Waals surface area contributed by atoms with Crippen LogP contribution >= 0.6 is 15.9 Å². The van der Waals surface area contributed by atoms with Crippen molar-refractivity contribution in [3.05, 3.63) is 94.5 Å². The van der Waals surface area contributed by atoms with Crippen LogP contribution in [-0.2, 0) is 26.0 Å². The summed E-state index contributed by atoms with van der Waals surface area (Å²) in [5.41, 5.74) is 2.34. The summed E-state index contributed by atoms with van der Waals surface area (Å²) in [5, 5.41) is 3.19. The van der Waals surface area contributed by atoms with E-state index >= 15 is 0 Å². The van der Waals surface area contributed by atoms with Gasteiger partial charge in [-0.2, -0.15) is 0 Å². The van der Waals surface area contributed by atoms with Crippen molar-refractivity contribution < 1.29 is 18.0 Å². The standard InChI is InChI=1S/C33H40BrN3O4S/c1-3-31(33(39)35-28-12-8-5-9-13-28)36(23-22-26-10-6-4-7-11-26)32(38)24-37(29-18-16-27(34)17-19-29)42(40,41)30-20-14-25(2)15-21-30/h4,6-7,10-11,14-21,28,31H,3,5,8-9,12-13,22-24H2,1-2H3,(H,35,39)/t31-/m1/s1. The highest BCUT2D eigenvalue weighted by Crippen LogP contribution is 2.26. The Bertz CT molecular complexity index is 1420. The molecule has 4 rings (SSSR count). The molecular weight excluding hydrogens is 614 g/mol. The Hall–Kier alpha value is -3.17. The van der Waals surface area contributed by atoms with Gasteiger partial charge in [-0.05, 0) is 74.6 Å². The molecule has 9 heteroatoms. The zero-order valence-electron chi connectivity index (χ0n) is 24.3. The van der Waals surface area contributed by atoms with E-state index in [1.54, 1.807) is 53.4 Å². The van der Waals surface area contributed by atoms with Crippen molar-refractivity contribution in [3.63, 3.8) is 0 Å². The van der Waals surface area contributed by atoms with Gasteiger partial charge in [0.1, 0.15) is 12.6 Å². The number of carbonyl (C=O) groups is 2. The molecule has 7 nitrogen and oxygen atoms in total. The van der Waals surface area contributed by atoms with Crippen molar-refractivity contribution in [3.8, 4) is 0 Å². The van der Waals surface area contributed by atoms with E-state index in [-0.39, 0.29) is 23.4 Å². The molecule has 0 heterocycles. The largest absolute Gasteiger partial charge is 0.352 e. The normalized spacial score (nSPS) is 14.6. The summed E-state index contributed by atoms with van der Waals surface area (Å²) in [6, 6.07) is 22.6. The molecular formula is C33H40BrN3O4S. The van der Waals surface area contributed by atoms with E-state index < -0.39 is 28.5 Å². The number of carbonyl (C=O) groups excluding carboxylic acids is 2. The van der Waals surface area contributed by atoms with Crippen molar-refractivity contribution in [1.82, 2.24) is 10.2 Å². The number of anilines is 1. The number of sulfonamides is 1. The number of hydrogen-bond donors (Lipinski definition) is 1. The molecule has 3 aromatic rings. The summed E-state index contributed by atoms with van der Waals surface area (Å²) in [4.78, 5) is 29.4. The van der Waals surface area contributed by atoms with Gasteiger partial charge in [0.05, 0.1) is 10.6 Å². The summed E-state index contributed by atoms with van der Waals surface area (Å²) < 4.78 is 29.9. The first-order valence-electron chi connectivity index (χ1n) is 14.7. The van der Waals surface area contributed by atoms with Gasteiger partial charge in [-0.1, -0.05) is 90.1 Å². The Morgan fingerprint density at radius 2 is 1.57 bits per heavy atom. The lowest BCUT2D eigenvalue weighted by Gasteiger charge is -2.34. The highest BCUT2D eigenvalue weighted by Gasteiger charge is 2.34. The first-order valence-corrected chi connectivity index (χ1v) is 16.9. The third-order valence-corrected chi connectivity index (χ3v) is 10.1. The average molecular weight is 655 g/mol. The molecule has 0 bridgehead atoms. The number of aryl methyl sites for hydroxylation is 1. The highest BCUT2D eigenvalue weighted by molar-refractivity contribution is 9.10. The quantitative estimate of drug-likeness (QED) is 0.250. The number of halogens is 1. The van der Waals surface area contributed by atoms with Crippen LogP contribution in [0.1, 0.15) is 56.6 Å². The number of hydrogen-bond acceptors (Lipinski definition) is 4. The fourth-order valence-corrected chi connectivity index (χ4v) is 7.09. The van der Waals surface area contributed by atoms with Crippen LogP contribution < -0.4 is 9.62 Å². The number of rotatable bonds is 12. The van der Waals surface area contributed by atoms with Crippen LogP contribution in [0.3, 0.4) is 0 Å². The molecule has 1 fully saturated rings. The Morgan fingerprint density at radius 1 is 0.929 bits per heavy atom. The Labute approximate surface area is 258 Å². The minimum Gasteiger partial charge on any atom is -0.352 e. The predicted molar refractivity (Wildman–Crippen MR) is 171 cm³/mol. The van der Waals surface area contributed by atoms with E-state index in [0.717, 1.165) is 45.6 Å². The number of benzene rings is 3. The number of nitrogens with one attached hydrogen (secondary N) is 1. The highest BCUT2D eigenvalue weighted by atomic mass is 79.9. The molecule has 0 saturated heterocycles. The predicted octanol–water partition coefficient (Wildman–Crippen LogP) is 6.25. The second kappa shape index (κ2) is 14.8. The lowest BCUT2D eigenvalue weighted by Crippen LogP contribution is -2.54. The summed E-state index contributed by atoms with van der Waals surface area (Å²) in [6.07, 6.45) is 6.17. The van der Waals surface area contributed by atoms with Crippen LogP contribution in [0.25, 0.3) is 0 Å². The van der Waals surface area contributed by atoms with E-state index in [4.69, 9.17) is 0 Å². The maximum absolute atomic E-state index is 14.2. The molecule has 1 atom stereocenters. The smallest absolute Gasteiger partial charge is 0.264 e. The minimum absolute atomic E-state index is 0.0988. The molecule has 42 heavy (non-hydrogen) atoms. The van der Waals surface area contributed by atoms with Gasteiger partial charge in [0.15, 0.2) is 0 Å². The van der Waals surface area contributed by atoms with E-state index in [1.807, 2.05) is 44.2 Å². The fraction of sp³-hybridized carbons (Fsp3) is 0.394. The van der Waals surface area contributed by atoms with Crippen molar-refractivity contribution in [2.45, 2.75) is 75.8 Å². The van der Waals surface area contributed by atoms with Crippen molar-refractivity contribution in [2.24, 2.45) is 0 Å². The topological polar surface area (TPSA) is 86.8 Å². The zero-order chi connectivity index (χ0) is 30.1. The average Bonchev–Trinajstić information content (AvgIpc) is 2.99. The molecule has 3 aromatic carbocycles. The van der Waals surface area contributed by atoms with Crippen molar-refractivity contribution in [1.29, 1.82) is 0 Å². The Morgan fingerprint density at radius 3 is 2.19 bits per heavy atom. The van der Waals surface area contributed by atoms with Gasteiger partial charge >= 0.3 is 0 Å². The molecule has 2 amide bonds. The third-order valence-electron chi connectivity index (χ3n) is 7.82. The molecule has 1 N–H and O–H groups in total. The molecule has 224 valence electrons. The molecule has 0 aliphatic heterocycles. The first kappa shape index (κ1) is 31.8. The monoisotopic (exact) mass is 653 g/mol. The Balaban J connectivity index is 1.66. The maximum atomic E-state index is 14.2. The van der Waals surface area contributed by atoms with Crippen LogP contribution in [0.5, 0.6) is 0 Å². The van der Waals surface area contributed by atoms with Crippen LogP contribution in [0.4, 0.5) is 5.69 Å². The first-order chi connectivity index (χ1) is 20.2. The van der Waals surface area contributed by atoms with E-state index in [1.165, 1.54) is 6.42 Å². The van der Waals surface area contributed by atoms with Gasteiger partial charge in [0, 0.05) is 17.1 Å². The van der Waals surface area contributed by atoms with E-state index in [2.05, 4.69) is 21.2 Å². The second-order valence-corrected chi connectivity index (χ2v) is 13.7. The number of amides is 2. The lowest BCUT2D eigenvalue weighted by atomic mass is 9.95. The molecule has 1 aliphatic carbocycles. The van der Waals surface area contributed by atoms with Gasteiger partial charge in [0.25, 0.3) is 10.0 Å². The molecule has 1 saturated carbocycles. The summed E-state index contributed by atoms with van der Waals surface area (Å²) in [7, 11) is -4.08. The summed E-state index contributed by atoms with van der Waals surface area (Å²) in [6.45, 7) is 3.64. The van der Waals surface area contributed by atoms with Crippen LogP contribution in [0, 0.1) is 6.92 Å².